The molecule has 1 unspecified atom stereocenters. The fourth-order valence-electron chi connectivity index (χ4n) is 5.66. The maximum Gasteiger partial charge on any atom is 0.251 e. The molecule has 1 fully saturated rings. The van der Waals surface area contributed by atoms with Crippen molar-refractivity contribution in [2.75, 3.05) is 124 Å². The molecule has 0 radical (unpaired) electrons. The predicted octanol–water partition coefficient (Wildman–Crippen LogP) is 4.06. The van der Waals surface area contributed by atoms with Gasteiger partial charge in [-0.25, -0.2) is 8.42 Å². The molecule has 1 saturated heterocycles. The van der Waals surface area contributed by atoms with E-state index < -0.39 is 21.7 Å². The lowest BCUT2D eigenvalue weighted by atomic mass is 9.99. The minimum atomic E-state index is -3.79. The number of carbonyl (C=O) groups excluding carboxylic acids is 3. The van der Waals surface area contributed by atoms with Gasteiger partial charge in [0.2, 0.25) is 5.91 Å². The first-order valence-electron chi connectivity index (χ1n) is 19.9. The second-order valence-electron chi connectivity index (χ2n) is 13.7. The quantitative estimate of drug-likeness (QED) is 0.217. The van der Waals surface area contributed by atoms with E-state index in [2.05, 4.69) is 5.32 Å². The monoisotopic (exact) mass is 858 g/mol. The van der Waals surface area contributed by atoms with E-state index >= 15 is 0 Å². The molecule has 0 bridgehead atoms. The van der Waals surface area contributed by atoms with Gasteiger partial charge in [-0.05, 0) is 50.2 Å². The highest BCUT2D eigenvalue weighted by Gasteiger charge is 2.28. The van der Waals surface area contributed by atoms with Crippen molar-refractivity contribution in [1.82, 2.24) is 10.2 Å². The SMILES string of the molecule is Cc1ccc(SCC(CS(=O)(=O)c2ccc(C)cc2)C(=O)c2ccc(C(=O)NCC(=O)N3CCOCCOCCOCCOCCOCCOCCOCC3)cc2)cc1. The van der Waals surface area contributed by atoms with Crippen molar-refractivity contribution in [3.05, 3.63) is 95.1 Å². The molecular weight excluding hydrogens is 801 g/mol. The van der Waals surface area contributed by atoms with Gasteiger partial charge in [0, 0.05) is 40.8 Å². The zero-order chi connectivity index (χ0) is 42.1. The molecule has 1 heterocycles. The zero-order valence-corrected chi connectivity index (χ0v) is 35.7. The zero-order valence-electron chi connectivity index (χ0n) is 34.1. The Bertz CT molecular complexity index is 1770. The first kappa shape index (κ1) is 48.0. The standard InChI is InChI=1S/C43H58N2O12S2/c1-34-3-11-39(12-4-34)58-32-38(33-59(49,50)40-13-5-35(2)6-14-40)42(47)36-7-9-37(10-8-36)43(48)44-31-41(46)45-15-17-51-19-21-53-23-25-55-27-29-57-30-28-56-26-24-54-22-20-52-18-16-45/h3-14,38H,15-33H2,1-2H3,(H,44,48). The molecule has 0 saturated carbocycles. The van der Waals surface area contributed by atoms with Gasteiger partial charge in [0.15, 0.2) is 15.6 Å². The Hall–Kier alpha value is -3.71. The van der Waals surface area contributed by atoms with Crippen molar-refractivity contribution < 1.29 is 56.0 Å². The second kappa shape index (κ2) is 27.2. The van der Waals surface area contributed by atoms with E-state index in [1.807, 2.05) is 38.1 Å². The number of sulfone groups is 1. The lowest BCUT2D eigenvalue weighted by Gasteiger charge is -2.23. The number of nitrogens with zero attached hydrogens (tertiary/aromatic N) is 1. The van der Waals surface area contributed by atoms with E-state index in [1.54, 1.807) is 29.2 Å². The molecule has 16 heteroatoms. The molecule has 1 N–H and O–H groups in total. The number of Topliss-reactive ketones (excluding diaryl/α,β-unsaturated/α-hetero) is 1. The molecule has 0 aliphatic carbocycles. The van der Waals surface area contributed by atoms with E-state index in [4.69, 9.17) is 33.2 Å². The third-order valence-electron chi connectivity index (χ3n) is 9.07. The van der Waals surface area contributed by atoms with E-state index in [-0.39, 0.29) is 72.1 Å². The molecule has 1 atom stereocenters. The molecule has 1 aliphatic rings. The number of ketones is 1. The predicted molar refractivity (Wildman–Crippen MR) is 224 cm³/mol. The van der Waals surface area contributed by atoms with Crippen LogP contribution in [0.1, 0.15) is 31.8 Å². The van der Waals surface area contributed by atoms with E-state index in [1.165, 1.54) is 36.0 Å². The van der Waals surface area contributed by atoms with Gasteiger partial charge in [-0.15, -0.1) is 11.8 Å². The summed E-state index contributed by atoms with van der Waals surface area (Å²) in [4.78, 5) is 43.0. The van der Waals surface area contributed by atoms with Gasteiger partial charge in [0.1, 0.15) is 0 Å². The van der Waals surface area contributed by atoms with Crippen LogP contribution in [0.25, 0.3) is 0 Å². The first-order chi connectivity index (χ1) is 28.6. The van der Waals surface area contributed by atoms with E-state index in [9.17, 15) is 22.8 Å². The van der Waals surface area contributed by atoms with Gasteiger partial charge >= 0.3 is 0 Å². The van der Waals surface area contributed by atoms with Crippen molar-refractivity contribution in [1.29, 1.82) is 0 Å². The summed E-state index contributed by atoms with van der Waals surface area (Å²) in [5.74, 6) is -2.15. The van der Waals surface area contributed by atoms with Crippen LogP contribution < -0.4 is 5.32 Å². The molecule has 14 nitrogen and oxygen atoms in total. The lowest BCUT2D eigenvalue weighted by molar-refractivity contribution is -0.131. The average Bonchev–Trinajstić information content (AvgIpc) is 3.23. The number of thioether (sulfide) groups is 1. The summed E-state index contributed by atoms with van der Waals surface area (Å²) in [5, 5.41) is 2.67. The van der Waals surface area contributed by atoms with Crippen LogP contribution in [0.5, 0.6) is 0 Å². The third-order valence-corrected chi connectivity index (χ3v) is 12.1. The largest absolute Gasteiger partial charge is 0.377 e. The summed E-state index contributed by atoms with van der Waals surface area (Å²) in [6.45, 7) is 9.62. The highest BCUT2D eigenvalue weighted by molar-refractivity contribution is 7.99. The summed E-state index contributed by atoms with van der Waals surface area (Å²) in [6, 6.07) is 20.4. The minimum absolute atomic E-state index is 0.160. The van der Waals surface area contributed by atoms with Crippen molar-refractivity contribution >= 4 is 39.2 Å². The smallest absolute Gasteiger partial charge is 0.251 e. The van der Waals surface area contributed by atoms with E-state index in [0.717, 1.165) is 16.0 Å². The van der Waals surface area contributed by atoms with Gasteiger partial charge in [-0.2, -0.15) is 0 Å². The van der Waals surface area contributed by atoms with Crippen LogP contribution >= 0.6 is 11.8 Å². The maximum absolute atomic E-state index is 13.9. The molecule has 0 spiro atoms. The van der Waals surface area contributed by atoms with Gasteiger partial charge in [-0.1, -0.05) is 47.5 Å². The summed E-state index contributed by atoms with van der Waals surface area (Å²) >= 11 is 1.42. The number of carbonyl (C=O) groups is 3. The Balaban J connectivity index is 1.32. The number of nitrogens with one attached hydrogen (secondary N) is 1. The molecule has 3 aromatic rings. The van der Waals surface area contributed by atoms with Crippen LogP contribution in [-0.4, -0.2) is 155 Å². The van der Waals surface area contributed by atoms with Gasteiger partial charge in [0.25, 0.3) is 5.91 Å². The summed E-state index contributed by atoms with van der Waals surface area (Å²) in [5.41, 5.74) is 2.55. The molecule has 2 amide bonds. The van der Waals surface area contributed by atoms with Crippen molar-refractivity contribution in [2.24, 2.45) is 5.92 Å². The van der Waals surface area contributed by atoms with Crippen molar-refractivity contribution in [3.8, 4) is 0 Å². The van der Waals surface area contributed by atoms with Gasteiger partial charge in [-0.3, -0.25) is 14.4 Å². The number of hydrogen-bond donors (Lipinski definition) is 1. The highest BCUT2D eigenvalue weighted by atomic mass is 32.2. The first-order valence-corrected chi connectivity index (χ1v) is 22.5. The number of amides is 2. The molecule has 324 valence electrons. The molecule has 4 rings (SSSR count). The maximum atomic E-state index is 13.9. The Kier molecular flexibility index (Phi) is 22.1. The van der Waals surface area contributed by atoms with Crippen LogP contribution in [0, 0.1) is 19.8 Å². The molecule has 1 aliphatic heterocycles. The van der Waals surface area contributed by atoms with Gasteiger partial charge in [0.05, 0.1) is 110 Å². The molecule has 0 aromatic heterocycles. The van der Waals surface area contributed by atoms with Crippen LogP contribution in [0.15, 0.2) is 82.6 Å². The average molecular weight is 859 g/mol. The second-order valence-corrected chi connectivity index (χ2v) is 16.8. The van der Waals surface area contributed by atoms with Crippen LogP contribution in [0.4, 0.5) is 0 Å². The van der Waals surface area contributed by atoms with Crippen molar-refractivity contribution in [3.63, 3.8) is 0 Å². The van der Waals surface area contributed by atoms with E-state index in [0.29, 0.717) is 79.3 Å². The third kappa shape index (κ3) is 18.6. The topological polar surface area (TPSA) is 165 Å². The van der Waals surface area contributed by atoms with Crippen molar-refractivity contribution in [2.45, 2.75) is 23.6 Å². The van der Waals surface area contributed by atoms with Crippen LogP contribution in [-0.2, 0) is 47.8 Å². The molecule has 59 heavy (non-hydrogen) atoms. The Morgan fingerprint density at radius 3 is 1.46 bits per heavy atom. The number of ether oxygens (including phenoxy) is 7. The summed E-state index contributed by atoms with van der Waals surface area (Å²) < 4.78 is 65.8. The number of rotatable bonds is 11. The number of aryl methyl sites for hydroxylation is 2. The molecular formula is C43H58N2O12S2. The summed E-state index contributed by atoms with van der Waals surface area (Å²) in [7, 11) is -3.79. The summed E-state index contributed by atoms with van der Waals surface area (Å²) in [6.07, 6.45) is 0. The van der Waals surface area contributed by atoms with Crippen LogP contribution in [0.2, 0.25) is 0 Å². The fourth-order valence-corrected chi connectivity index (χ4v) is 8.34. The lowest BCUT2D eigenvalue weighted by Crippen LogP contribution is -2.43. The molecule has 3 aromatic carbocycles. The van der Waals surface area contributed by atoms with Gasteiger partial charge < -0.3 is 43.4 Å². The Labute approximate surface area is 352 Å². The van der Waals surface area contributed by atoms with Crippen LogP contribution in [0.3, 0.4) is 0 Å². The Morgan fingerprint density at radius 2 is 1.00 bits per heavy atom. The number of hydrogen-bond acceptors (Lipinski definition) is 13. The highest BCUT2D eigenvalue weighted by Crippen LogP contribution is 2.26. The normalized spacial score (nSPS) is 17.3. The number of benzene rings is 3. The fraction of sp³-hybridized carbons (Fsp3) is 0.512. The minimum Gasteiger partial charge on any atom is -0.377 e. The Morgan fingerprint density at radius 1 is 0.593 bits per heavy atom.